The zero-order valence-corrected chi connectivity index (χ0v) is 9.94. The van der Waals surface area contributed by atoms with E-state index in [2.05, 4.69) is 17.3 Å². The summed E-state index contributed by atoms with van der Waals surface area (Å²) in [5, 5.41) is 3.00. The van der Waals surface area contributed by atoms with E-state index in [1.165, 1.54) is 0 Å². The zero-order valence-electron chi connectivity index (χ0n) is 9.94. The first-order valence-electron chi connectivity index (χ1n) is 6.01. The molecule has 2 heterocycles. The fourth-order valence-corrected chi connectivity index (χ4v) is 3.06. The summed E-state index contributed by atoms with van der Waals surface area (Å²) in [4.78, 5) is 14.3. The minimum Gasteiger partial charge on any atom is -0.399 e. The van der Waals surface area contributed by atoms with Gasteiger partial charge in [-0.3, -0.25) is 4.79 Å². The highest BCUT2D eigenvalue weighted by molar-refractivity contribution is 5.97. The second-order valence-electron chi connectivity index (χ2n) is 5.14. The summed E-state index contributed by atoms with van der Waals surface area (Å²) in [6, 6.07) is 5.71. The van der Waals surface area contributed by atoms with Crippen LogP contribution in [0.25, 0.3) is 0 Å². The van der Waals surface area contributed by atoms with E-state index in [4.69, 9.17) is 5.73 Å². The first-order chi connectivity index (χ1) is 8.15. The van der Waals surface area contributed by atoms with Gasteiger partial charge in [-0.2, -0.15) is 0 Å². The van der Waals surface area contributed by atoms with Crippen LogP contribution in [-0.2, 0) is 0 Å². The number of nitrogens with zero attached hydrogens (tertiary/aromatic N) is 1. The van der Waals surface area contributed by atoms with E-state index in [1.54, 1.807) is 6.07 Å². The summed E-state index contributed by atoms with van der Waals surface area (Å²) in [6.45, 7) is 2.84. The maximum Gasteiger partial charge on any atom is 0.251 e. The topological polar surface area (TPSA) is 58.4 Å². The van der Waals surface area contributed by atoms with Gasteiger partial charge >= 0.3 is 0 Å². The Morgan fingerprint density at radius 3 is 3.06 bits per heavy atom. The molecular formula is C13H17N3O. The molecule has 1 fully saturated rings. The minimum absolute atomic E-state index is 0.0179. The van der Waals surface area contributed by atoms with Crippen LogP contribution in [0.2, 0.25) is 0 Å². The van der Waals surface area contributed by atoms with E-state index < -0.39 is 0 Å². The number of anilines is 1. The molecule has 1 aromatic carbocycles. The second-order valence-corrected chi connectivity index (χ2v) is 5.14. The van der Waals surface area contributed by atoms with Crippen LogP contribution in [0.1, 0.15) is 21.8 Å². The summed E-state index contributed by atoms with van der Waals surface area (Å²) in [5.74, 6) is 0.993. The minimum atomic E-state index is 0.0179. The second kappa shape index (κ2) is 3.74. The van der Waals surface area contributed by atoms with Gasteiger partial charge in [0.15, 0.2) is 0 Å². The predicted molar refractivity (Wildman–Crippen MR) is 66.9 cm³/mol. The monoisotopic (exact) mass is 231 g/mol. The first kappa shape index (κ1) is 10.6. The Kier molecular flexibility index (Phi) is 2.33. The third-order valence-electron chi connectivity index (χ3n) is 3.87. The van der Waals surface area contributed by atoms with Crippen LogP contribution in [0.15, 0.2) is 18.2 Å². The number of likely N-dealkylation sites (N-methyl/N-ethyl adjacent to an activating group) is 1. The molecule has 1 amide bonds. The molecular weight excluding hydrogens is 214 g/mol. The summed E-state index contributed by atoms with van der Waals surface area (Å²) in [7, 11) is 2.13. The fraction of sp³-hybridized carbons (Fsp3) is 0.462. The first-order valence-corrected chi connectivity index (χ1v) is 6.01. The summed E-state index contributed by atoms with van der Waals surface area (Å²) >= 11 is 0. The van der Waals surface area contributed by atoms with Crippen LogP contribution in [-0.4, -0.2) is 37.5 Å². The van der Waals surface area contributed by atoms with Gasteiger partial charge in [-0.25, -0.2) is 0 Å². The Labute approximate surface area is 101 Å². The number of carbonyl (C=O) groups is 1. The van der Waals surface area contributed by atoms with Gasteiger partial charge in [0.2, 0.25) is 0 Å². The van der Waals surface area contributed by atoms with Crippen LogP contribution >= 0.6 is 0 Å². The van der Waals surface area contributed by atoms with E-state index in [0.717, 1.165) is 30.8 Å². The molecule has 2 aliphatic heterocycles. The van der Waals surface area contributed by atoms with Gasteiger partial charge in [0.05, 0.1) is 0 Å². The van der Waals surface area contributed by atoms with Crippen molar-refractivity contribution in [1.29, 1.82) is 0 Å². The average molecular weight is 231 g/mol. The largest absolute Gasteiger partial charge is 0.399 e. The van der Waals surface area contributed by atoms with Crippen LogP contribution in [0.4, 0.5) is 5.69 Å². The molecule has 0 unspecified atom stereocenters. The number of amides is 1. The quantitative estimate of drug-likeness (QED) is 0.645. The van der Waals surface area contributed by atoms with E-state index in [0.29, 0.717) is 17.5 Å². The molecule has 3 rings (SSSR count). The van der Waals surface area contributed by atoms with E-state index in [9.17, 15) is 4.79 Å². The van der Waals surface area contributed by atoms with E-state index in [-0.39, 0.29) is 5.91 Å². The molecule has 0 radical (unpaired) electrons. The number of likely N-dealkylation sites (tertiary alicyclic amines) is 1. The van der Waals surface area contributed by atoms with Gasteiger partial charge in [0.25, 0.3) is 5.91 Å². The molecule has 0 spiro atoms. The average Bonchev–Trinajstić information content (AvgIpc) is 2.62. The van der Waals surface area contributed by atoms with Crippen molar-refractivity contribution >= 4 is 11.6 Å². The molecule has 4 nitrogen and oxygen atoms in total. The van der Waals surface area contributed by atoms with Gasteiger partial charge in [-0.15, -0.1) is 0 Å². The van der Waals surface area contributed by atoms with Gasteiger partial charge < -0.3 is 16.0 Å². The maximum atomic E-state index is 12.0. The number of nitrogens with two attached hydrogens (primary N) is 1. The Hall–Kier alpha value is -1.55. The molecule has 2 atom stereocenters. The number of hydrogen-bond acceptors (Lipinski definition) is 3. The number of carbonyl (C=O) groups excluding carboxylic acids is 1. The Morgan fingerprint density at radius 2 is 2.24 bits per heavy atom. The van der Waals surface area contributed by atoms with Gasteiger partial charge in [-0.05, 0) is 30.7 Å². The third kappa shape index (κ3) is 1.69. The number of nitrogens with one attached hydrogen (secondary N) is 1. The maximum absolute atomic E-state index is 12.0. The zero-order chi connectivity index (χ0) is 12.0. The molecule has 0 bridgehead atoms. The molecule has 0 saturated carbocycles. The molecule has 0 aromatic heterocycles. The molecule has 3 N–H and O–H groups in total. The smallest absolute Gasteiger partial charge is 0.251 e. The molecule has 90 valence electrons. The number of benzene rings is 1. The lowest BCUT2D eigenvalue weighted by atomic mass is 9.87. The fourth-order valence-electron chi connectivity index (χ4n) is 3.06. The normalized spacial score (nSPS) is 28.2. The lowest BCUT2D eigenvalue weighted by Crippen LogP contribution is -2.29. The van der Waals surface area contributed by atoms with Crippen molar-refractivity contribution in [2.24, 2.45) is 5.92 Å². The third-order valence-corrected chi connectivity index (χ3v) is 3.87. The number of rotatable bonds is 0. The molecule has 0 aliphatic carbocycles. The standard InChI is InChI=1S/C13H17N3O/c1-16-6-8-5-15-13(17)11-4-9(14)2-3-10(11)12(8)7-16/h2-4,8,12H,5-7,14H2,1H3,(H,15,17)/t8-,12-/m1/s1. The van der Waals surface area contributed by atoms with E-state index >= 15 is 0 Å². The summed E-state index contributed by atoms with van der Waals surface area (Å²) in [5.41, 5.74) is 8.34. The molecule has 2 aliphatic rings. The Bertz CT molecular complexity index is 472. The van der Waals surface area contributed by atoms with Crippen LogP contribution < -0.4 is 11.1 Å². The highest BCUT2D eigenvalue weighted by Crippen LogP contribution is 2.35. The van der Waals surface area contributed by atoms with Gasteiger partial charge in [-0.1, -0.05) is 6.07 Å². The van der Waals surface area contributed by atoms with Crippen molar-refractivity contribution in [3.05, 3.63) is 29.3 Å². The van der Waals surface area contributed by atoms with Crippen molar-refractivity contribution in [1.82, 2.24) is 10.2 Å². The molecule has 17 heavy (non-hydrogen) atoms. The van der Waals surface area contributed by atoms with Crippen molar-refractivity contribution in [3.8, 4) is 0 Å². The molecule has 1 saturated heterocycles. The van der Waals surface area contributed by atoms with Crippen LogP contribution in [0.3, 0.4) is 0 Å². The Balaban J connectivity index is 2.09. The van der Waals surface area contributed by atoms with Crippen LogP contribution in [0.5, 0.6) is 0 Å². The van der Waals surface area contributed by atoms with Crippen LogP contribution in [0, 0.1) is 5.92 Å². The van der Waals surface area contributed by atoms with Gasteiger partial charge in [0.1, 0.15) is 0 Å². The Morgan fingerprint density at radius 1 is 1.41 bits per heavy atom. The number of nitrogen functional groups attached to an aromatic ring is 1. The molecule has 4 heteroatoms. The van der Waals surface area contributed by atoms with E-state index in [1.807, 2.05) is 12.1 Å². The van der Waals surface area contributed by atoms with Gasteiger partial charge in [0, 0.05) is 36.8 Å². The SMILES string of the molecule is CN1C[C@H]2CNC(=O)c3cc(N)ccc3[C@@H]2C1. The highest BCUT2D eigenvalue weighted by atomic mass is 16.1. The number of hydrogen-bond donors (Lipinski definition) is 2. The van der Waals surface area contributed by atoms with Crippen molar-refractivity contribution in [2.45, 2.75) is 5.92 Å². The van der Waals surface area contributed by atoms with Crippen molar-refractivity contribution < 1.29 is 4.79 Å². The van der Waals surface area contributed by atoms with Crippen molar-refractivity contribution in [2.75, 3.05) is 32.4 Å². The molecule has 1 aromatic rings. The summed E-state index contributed by atoms with van der Waals surface area (Å²) < 4.78 is 0. The van der Waals surface area contributed by atoms with Crippen molar-refractivity contribution in [3.63, 3.8) is 0 Å². The number of fused-ring (bicyclic) bond motifs is 3. The predicted octanol–water partition coefficient (Wildman–Crippen LogP) is 0.657. The highest BCUT2D eigenvalue weighted by Gasteiger charge is 2.36. The summed E-state index contributed by atoms with van der Waals surface area (Å²) in [6.07, 6.45) is 0. The lowest BCUT2D eigenvalue weighted by Gasteiger charge is -2.16. The lowest BCUT2D eigenvalue weighted by molar-refractivity contribution is 0.0951.